The second kappa shape index (κ2) is 62.1. The molecule has 17 atom stereocenters. The van der Waals surface area contributed by atoms with Crippen molar-refractivity contribution in [3.8, 4) is 0 Å². The Bertz CT molecular complexity index is 1950. The summed E-state index contributed by atoms with van der Waals surface area (Å²) in [6.45, 7) is 1.84. The van der Waals surface area contributed by atoms with Gasteiger partial charge in [-0.3, -0.25) is 4.79 Å². The van der Waals surface area contributed by atoms with Gasteiger partial charge in [-0.1, -0.05) is 320 Å². The molecule has 3 rings (SSSR count). The number of rotatable bonds is 66. The molecule has 3 fully saturated rings. The SMILES string of the molecule is CCCCCCC/C=C\C/C=C\C/C=C\CCCCCCCCCCCCCCCCCCCCC(=O)NC(COC1OC(CO)C(OC2OC(CO)C(OC3OC(CO)C(O)C(O)C3O)C(O)C2O)C(O)C1O)C(O)CCCCCCCCCCCCCCCCCCCCCCCC. The molecule has 100 heavy (non-hydrogen) atoms. The Kier molecular flexibility index (Phi) is 57.3. The Balaban J connectivity index is 1.34. The Labute approximate surface area is 606 Å². The second-order valence-corrected chi connectivity index (χ2v) is 29.6. The molecule has 0 spiro atoms. The number of nitrogens with one attached hydrogen (secondary N) is 1. The highest BCUT2D eigenvalue weighted by molar-refractivity contribution is 5.76. The summed E-state index contributed by atoms with van der Waals surface area (Å²) in [7, 11) is 0. The van der Waals surface area contributed by atoms with Crippen molar-refractivity contribution in [2.45, 2.75) is 446 Å². The Morgan fingerprint density at radius 3 is 1.03 bits per heavy atom. The zero-order valence-corrected chi connectivity index (χ0v) is 62.9. The maximum atomic E-state index is 13.5. The highest BCUT2D eigenvalue weighted by Crippen LogP contribution is 2.33. The summed E-state index contributed by atoms with van der Waals surface area (Å²) in [6.07, 6.45) is 49.5. The van der Waals surface area contributed by atoms with E-state index in [0.29, 0.717) is 12.8 Å². The number of unbranched alkanes of at least 4 members (excludes halogenated alkanes) is 44. The molecule has 588 valence electrons. The van der Waals surface area contributed by atoms with Crippen LogP contribution in [-0.2, 0) is 33.2 Å². The molecule has 0 aromatic carbocycles. The molecule has 0 aliphatic carbocycles. The molecule has 3 heterocycles. The van der Waals surface area contributed by atoms with Crippen LogP contribution in [0.5, 0.6) is 0 Å². The van der Waals surface area contributed by atoms with Crippen LogP contribution in [0, 0.1) is 0 Å². The first-order valence-electron chi connectivity index (χ1n) is 41.2. The van der Waals surface area contributed by atoms with Gasteiger partial charge in [-0.05, 0) is 51.4 Å². The standard InChI is InChI=1S/C81H151NO18/c1-3-5-7-9-11-13-15-17-19-21-23-25-27-28-29-30-31-32-33-34-35-36-37-39-41-43-45-47-49-51-53-55-57-59-69(87)82-64(65(86)58-56-54-52-50-48-46-44-42-40-38-26-24-22-20-18-16-14-12-10-8-6-4-2)63-95-79-75(93)72(90)77(67(61-84)97-79)100-81-76(94)73(91)78(68(62-85)98-81)99-80-74(92)71(89)70(88)66(60-83)96-80/h15,17,21,23,27-28,64-68,70-81,83-86,88-94H,3-14,16,18-20,22,24-26,29-63H2,1-2H3,(H,82,87)/b17-15-,23-21-,28-27-. The van der Waals surface area contributed by atoms with Gasteiger partial charge in [0.2, 0.25) is 5.91 Å². The van der Waals surface area contributed by atoms with Crippen LogP contribution in [0.2, 0.25) is 0 Å². The van der Waals surface area contributed by atoms with Crippen molar-refractivity contribution in [1.82, 2.24) is 5.32 Å². The van der Waals surface area contributed by atoms with Gasteiger partial charge >= 0.3 is 0 Å². The summed E-state index contributed by atoms with van der Waals surface area (Å²) in [5.41, 5.74) is 0. The van der Waals surface area contributed by atoms with Gasteiger partial charge in [-0.2, -0.15) is 0 Å². The molecule has 0 saturated carbocycles. The summed E-state index contributed by atoms with van der Waals surface area (Å²) in [6, 6.07) is -0.887. The monoisotopic (exact) mass is 1430 g/mol. The number of hydrogen-bond donors (Lipinski definition) is 12. The summed E-state index contributed by atoms with van der Waals surface area (Å²) in [5.74, 6) is -0.237. The number of ether oxygens (including phenoxy) is 6. The van der Waals surface area contributed by atoms with Crippen LogP contribution in [0.15, 0.2) is 36.5 Å². The van der Waals surface area contributed by atoms with E-state index < -0.39 is 124 Å². The van der Waals surface area contributed by atoms with E-state index >= 15 is 0 Å². The fraction of sp³-hybridized carbons (Fsp3) is 0.914. The molecule has 12 N–H and O–H groups in total. The van der Waals surface area contributed by atoms with E-state index in [9.17, 15) is 61.0 Å². The summed E-state index contributed by atoms with van der Waals surface area (Å²) in [4.78, 5) is 13.5. The van der Waals surface area contributed by atoms with E-state index in [4.69, 9.17) is 28.4 Å². The average Bonchev–Trinajstić information content (AvgIpc) is 0.783. The molecule has 0 bridgehead atoms. The van der Waals surface area contributed by atoms with Crippen LogP contribution < -0.4 is 5.32 Å². The first-order valence-corrected chi connectivity index (χ1v) is 41.2. The molecular weight excluding hydrogens is 1270 g/mol. The third kappa shape index (κ3) is 41.8. The van der Waals surface area contributed by atoms with Gasteiger partial charge < -0.3 is 89.9 Å². The molecule has 0 radical (unpaired) electrons. The zero-order chi connectivity index (χ0) is 72.5. The lowest BCUT2D eigenvalue weighted by Gasteiger charge is -2.48. The molecule has 17 unspecified atom stereocenters. The maximum absolute atomic E-state index is 13.5. The van der Waals surface area contributed by atoms with Crippen molar-refractivity contribution in [2.24, 2.45) is 0 Å². The Morgan fingerprint density at radius 2 is 0.660 bits per heavy atom. The predicted molar refractivity (Wildman–Crippen MR) is 397 cm³/mol. The highest BCUT2D eigenvalue weighted by atomic mass is 16.8. The van der Waals surface area contributed by atoms with Crippen molar-refractivity contribution in [3.05, 3.63) is 36.5 Å². The van der Waals surface area contributed by atoms with Gasteiger partial charge in [0.1, 0.15) is 73.2 Å². The number of aliphatic hydroxyl groups is 11. The van der Waals surface area contributed by atoms with E-state index in [0.717, 1.165) is 57.8 Å². The largest absolute Gasteiger partial charge is 0.394 e. The van der Waals surface area contributed by atoms with Gasteiger partial charge in [0, 0.05) is 6.42 Å². The Hall–Kier alpha value is -1.99. The molecule has 3 aliphatic heterocycles. The molecular formula is C81H151NO18. The maximum Gasteiger partial charge on any atom is 0.220 e. The molecule has 0 aromatic rings. The minimum absolute atomic E-state index is 0.237. The van der Waals surface area contributed by atoms with E-state index in [2.05, 4.69) is 55.6 Å². The molecule has 0 aromatic heterocycles. The van der Waals surface area contributed by atoms with Crippen LogP contribution in [0.1, 0.15) is 341 Å². The van der Waals surface area contributed by atoms with Crippen molar-refractivity contribution >= 4 is 5.91 Å². The number of aliphatic hydroxyl groups excluding tert-OH is 11. The lowest BCUT2D eigenvalue weighted by molar-refractivity contribution is -0.379. The number of carbonyl (C=O) groups excluding carboxylic acids is 1. The fourth-order valence-corrected chi connectivity index (χ4v) is 14.1. The first kappa shape index (κ1) is 92.2. The number of allylic oxidation sites excluding steroid dienone is 6. The first-order chi connectivity index (χ1) is 48.8. The van der Waals surface area contributed by atoms with Gasteiger partial charge in [0.15, 0.2) is 18.9 Å². The molecule has 19 nitrogen and oxygen atoms in total. The average molecular weight is 1430 g/mol. The normalized spacial score (nSPS) is 26.6. The number of hydrogen-bond acceptors (Lipinski definition) is 18. The quantitative estimate of drug-likeness (QED) is 0.0199. The van der Waals surface area contributed by atoms with Gasteiger partial charge in [0.25, 0.3) is 0 Å². The molecule has 3 saturated heterocycles. The number of amides is 1. The van der Waals surface area contributed by atoms with Gasteiger partial charge in [-0.15, -0.1) is 0 Å². The predicted octanol–water partition coefficient (Wildman–Crippen LogP) is 13.9. The van der Waals surface area contributed by atoms with Crippen molar-refractivity contribution in [1.29, 1.82) is 0 Å². The summed E-state index contributed by atoms with van der Waals surface area (Å²) < 4.78 is 34.5. The Morgan fingerprint density at radius 1 is 0.360 bits per heavy atom. The van der Waals surface area contributed by atoms with E-state index in [1.54, 1.807) is 0 Å². The minimum atomic E-state index is -1.97. The van der Waals surface area contributed by atoms with Crippen LogP contribution in [-0.4, -0.2) is 193 Å². The lowest BCUT2D eigenvalue weighted by Crippen LogP contribution is -2.66. The van der Waals surface area contributed by atoms with Gasteiger partial charge in [0.05, 0.1) is 38.6 Å². The third-order valence-electron chi connectivity index (χ3n) is 20.7. The van der Waals surface area contributed by atoms with E-state index in [-0.39, 0.29) is 18.9 Å². The van der Waals surface area contributed by atoms with Gasteiger partial charge in [-0.25, -0.2) is 0 Å². The second-order valence-electron chi connectivity index (χ2n) is 29.6. The van der Waals surface area contributed by atoms with Crippen LogP contribution in [0.3, 0.4) is 0 Å². The van der Waals surface area contributed by atoms with Crippen LogP contribution in [0.4, 0.5) is 0 Å². The van der Waals surface area contributed by atoms with Crippen molar-refractivity contribution in [3.63, 3.8) is 0 Å². The van der Waals surface area contributed by atoms with E-state index in [1.165, 1.54) is 250 Å². The zero-order valence-electron chi connectivity index (χ0n) is 62.9. The highest BCUT2D eigenvalue weighted by Gasteiger charge is 2.54. The van der Waals surface area contributed by atoms with E-state index in [1.807, 2.05) is 0 Å². The van der Waals surface area contributed by atoms with Crippen LogP contribution >= 0.6 is 0 Å². The fourth-order valence-electron chi connectivity index (χ4n) is 14.1. The summed E-state index contributed by atoms with van der Waals surface area (Å²) >= 11 is 0. The summed E-state index contributed by atoms with van der Waals surface area (Å²) in [5, 5.41) is 121. The number of carbonyl (C=O) groups is 1. The minimum Gasteiger partial charge on any atom is -0.394 e. The lowest BCUT2D eigenvalue weighted by atomic mass is 9.96. The topological polar surface area (TPSA) is 307 Å². The van der Waals surface area contributed by atoms with Crippen molar-refractivity contribution < 1.29 is 89.4 Å². The molecule has 19 heteroatoms. The smallest absolute Gasteiger partial charge is 0.220 e. The molecule has 3 aliphatic rings. The molecule has 1 amide bonds. The van der Waals surface area contributed by atoms with Crippen LogP contribution in [0.25, 0.3) is 0 Å². The third-order valence-corrected chi connectivity index (χ3v) is 20.7. The van der Waals surface area contributed by atoms with Crippen molar-refractivity contribution in [2.75, 3.05) is 26.4 Å².